The van der Waals surface area contributed by atoms with Crippen LogP contribution in [0, 0.1) is 19.8 Å². The van der Waals surface area contributed by atoms with Crippen LogP contribution in [0.2, 0.25) is 0 Å². The Morgan fingerprint density at radius 3 is 2.29 bits per heavy atom. The standard InChI is InChI=1S/C16H24O/c1-12-9-10-15(13(2)11-12)16(17)14-7-5-3-4-6-8-14/h9-11,14,16-17H,3-8H2,1-2H3. The molecule has 0 bridgehead atoms. The molecule has 1 fully saturated rings. The van der Waals surface area contributed by atoms with Crippen molar-refractivity contribution in [2.75, 3.05) is 0 Å². The van der Waals surface area contributed by atoms with Gasteiger partial charge >= 0.3 is 0 Å². The SMILES string of the molecule is Cc1ccc(C(O)C2CCCCCC2)c(C)c1. The van der Waals surface area contributed by atoms with Gasteiger partial charge in [0.05, 0.1) is 6.10 Å². The van der Waals surface area contributed by atoms with Crippen molar-refractivity contribution in [3.8, 4) is 0 Å². The van der Waals surface area contributed by atoms with Crippen LogP contribution in [0.15, 0.2) is 18.2 Å². The van der Waals surface area contributed by atoms with E-state index in [4.69, 9.17) is 0 Å². The molecule has 1 aromatic carbocycles. The molecule has 1 N–H and O–H groups in total. The van der Waals surface area contributed by atoms with E-state index in [1.807, 2.05) is 0 Å². The summed E-state index contributed by atoms with van der Waals surface area (Å²) >= 11 is 0. The predicted molar refractivity (Wildman–Crippen MR) is 72.1 cm³/mol. The molecule has 0 heterocycles. The van der Waals surface area contributed by atoms with E-state index >= 15 is 0 Å². The van der Waals surface area contributed by atoms with Crippen molar-refractivity contribution < 1.29 is 5.11 Å². The number of benzene rings is 1. The molecule has 94 valence electrons. The molecule has 1 aromatic rings. The highest BCUT2D eigenvalue weighted by atomic mass is 16.3. The van der Waals surface area contributed by atoms with Gasteiger partial charge in [-0.15, -0.1) is 0 Å². The fraction of sp³-hybridized carbons (Fsp3) is 0.625. The van der Waals surface area contributed by atoms with E-state index in [2.05, 4.69) is 32.0 Å². The minimum atomic E-state index is -0.256. The summed E-state index contributed by atoms with van der Waals surface area (Å²) in [6.07, 6.45) is 7.38. The Bertz CT molecular complexity index is 362. The van der Waals surface area contributed by atoms with Crippen LogP contribution in [0.4, 0.5) is 0 Å². The second-order valence-corrected chi connectivity index (χ2v) is 5.56. The fourth-order valence-electron chi connectivity index (χ4n) is 3.04. The Morgan fingerprint density at radius 1 is 1.06 bits per heavy atom. The maximum atomic E-state index is 10.5. The van der Waals surface area contributed by atoms with Gasteiger partial charge in [-0.2, -0.15) is 0 Å². The van der Waals surface area contributed by atoms with Crippen LogP contribution in [-0.4, -0.2) is 5.11 Å². The molecule has 1 heteroatoms. The van der Waals surface area contributed by atoms with Crippen molar-refractivity contribution in [1.29, 1.82) is 0 Å². The molecular weight excluding hydrogens is 208 g/mol. The predicted octanol–water partition coefficient (Wildman–Crippen LogP) is 4.31. The molecule has 0 radical (unpaired) electrons. The molecule has 0 aliphatic heterocycles. The number of rotatable bonds is 2. The lowest BCUT2D eigenvalue weighted by molar-refractivity contribution is 0.0982. The zero-order chi connectivity index (χ0) is 12.3. The molecule has 1 saturated carbocycles. The van der Waals surface area contributed by atoms with E-state index in [9.17, 15) is 5.11 Å². The minimum Gasteiger partial charge on any atom is -0.388 e. The van der Waals surface area contributed by atoms with Crippen molar-refractivity contribution in [3.05, 3.63) is 34.9 Å². The Hall–Kier alpha value is -0.820. The van der Waals surface area contributed by atoms with Gasteiger partial charge in [0.15, 0.2) is 0 Å². The lowest BCUT2D eigenvalue weighted by Gasteiger charge is -2.23. The molecule has 1 aliphatic carbocycles. The molecule has 0 saturated heterocycles. The monoisotopic (exact) mass is 232 g/mol. The van der Waals surface area contributed by atoms with Gasteiger partial charge in [0.25, 0.3) is 0 Å². The summed E-state index contributed by atoms with van der Waals surface area (Å²) in [5, 5.41) is 10.5. The fourth-order valence-corrected chi connectivity index (χ4v) is 3.04. The first kappa shape index (κ1) is 12.6. The summed E-state index contributed by atoms with van der Waals surface area (Å²) in [6, 6.07) is 6.40. The van der Waals surface area contributed by atoms with Crippen molar-refractivity contribution in [3.63, 3.8) is 0 Å². The summed E-state index contributed by atoms with van der Waals surface area (Å²) in [7, 11) is 0. The number of hydrogen-bond acceptors (Lipinski definition) is 1. The number of hydrogen-bond donors (Lipinski definition) is 1. The minimum absolute atomic E-state index is 0.256. The van der Waals surface area contributed by atoms with Crippen LogP contribution in [0.25, 0.3) is 0 Å². The van der Waals surface area contributed by atoms with Crippen LogP contribution < -0.4 is 0 Å². The molecule has 17 heavy (non-hydrogen) atoms. The van der Waals surface area contributed by atoms with Crippen LogP contribution in [0.5, 0.6) is 0 Å². The Balaban J connectivity index is 2.14. The van der Waals surface area contributed by atoms with E-state index in [0.29, 0.717) is 5.92 Å². The molecule has 1 aliphatic rings. The number of aliphatic hydroxyl groups excluding tert-OH is 1. The van der Waals surface area contributed by atoms with Gasteiger partial charge in [-0.3, -0.25) is 0 Å². The smallest absolute Gasteiger partial charge is 0.0820 e. The van der Waals surface area contributed by atoms with Gasteiger partial charge in [0, 0.05) is 0 Å². The molecule has 1 nitrogen and oxygen atoms in total. The van der Waals surface area contributed by atoms with Crippen molar-refractivity contribution >= 4 is 0 Å². The summed E-state index contributed by atoms with van der Waals surface area (Å²) in [5.74, 6) is 0.471. The maximum Gasteiger partial charge on any atom is 0.0820 e. The molecule has 0 aromatic heterocycles. The van der Waals surface area contributed by atoms with Crippen molar-refractivity contribution in [1.82, 2.24) is 0 Å². The van der Waals surface area contributed by atoms with Crippen LogP contribution >= 0.6 is 0 Å². The zero-order valence-corrected chi connectivity index (χ0v) is 11.1. The maximum absolute atomic E-state index is 10.5. The highest BCUT2D eigenvalue weighted by molar-refractivity contribution is 5.32. The Morgan fingerprint density at radius 2 is 1.71 bits per heavy atom. The lowest BCUT2D eigenvalue weighted by Crippen LogP contribution is -2.13. The van der Waals surface area contributed by atoms with Gasteiger partial charge in [0.1, 0.15) is 0 Å². The van der Waals surface area contributed by atoms with Crippen LogP contribution in [0.1, 0.15) is 61.3 Å². The normalized spacial score (nSPS) is 19.9. The van der Waals surface area contributed by atoms with Crippen molar-refractivity contribution in [2.24, 2.45) is 5.92 Å². The molecule has 1 unspecified atom stereocenters. The van der Waals surface area contributed by atoms with E-state index in [1.165, 1.54) is 49.7 Å². The third-order valence-electron chi connectivity index (χ3n) is 4.09. The molecule has 1 atom stereocenters. The first-order chi connectivity index (χ1) is 8.18. The van der Waals surface area contributed by atoms with E-state index in [1.54, 1.807) is 0 Å². The van der Waals surface area contributed by atoms with Crippen LogP contribution in [-0.2, 0) is 0 Å². The summed E-state index contributed by atoms with van der Waals surface area (Å²) < 4.78 is 0. The van der Waals surface area contributed by atoms with Crippen molar-refractivity contribution in [2.45, 2.75) is 58.5 Å². The average Bonchev–Trinajstić information content (AvgIpc) is 2.56. The largest absolute Gasteiger partial charge is 0.388 e. The second-order valence-electron chi connectivity index (χ2n) is 5.56. The lowest BCUT2D eigenvalue weighted by atomic mass is 9.87. The third kappa shape index (κ3) is 3.10. The summed E-state index contributed by atoms with van der Waals surface area (Å²) in [5.41, 5.74) is 3.66. The molecule has 0 amide bonds. The topological polar surface area (TPSA) is 20.2 Å². The third-order valence-corrected chi connectivity index (χ3v) is 4.09. The number of aliphatic hydroxyl groups is 1. The van der Waals surface area contributed by atoms with E-state index in [-0.39, 0.29) is 6.10 Å². The molecule has 2 rings (SSSR count). The number of aryl methyl sites for hydroxylation is 2. The summed E-state index contributed by atoms with van der Waals surface area (Å²) in [4.78, 5) is 0. The second kappa shape index (κ2) is 5.68. The first-order valence-electron chi connectivity index (χ1n) is 6.93. The first-order valence-corrected chi connectivity index (χ1v) is 6.93. The van der Waals surface area contributed by atoms with E-state index < -0.39 is 0 Å². The highest BCUT2D eigenvalue weighted by Crippen LogP contribution is 2.34. The van der Waals surface area contributed by atoms with Gasteiger partial charge in [0.2, 0.25) is 0 Å². The van der Waals surface area contributed by atoms with Gasteiger partial charge in [-0.25, -0.2) is 0 Å². The van der Waals surface area contributed by atoms with Gasteiger partial charge in [-0.05, 0) is 43.7 Å². The zero-order valence-electron chi connectivity index (χ0n) is 11.1. The Kier molecular flexibility index (Phi) is 4.22. The highest BCUT2D eigenvalue weighted by Gasteiger charge is 2.23. The van der Waals surface area contributed by atoms with Crippen LogP contribution in [0.3, 0.4) is 0 Å². The van der Waals surface area contributed by atoms with Gasteiger partial charge < -0.3 is 5.11 Å². The molecular formula is C16H24O. The quantitative estimate of drug-likeness (QED) is 0.753. The molecule has 0 spiro atoms. The Labute approximate surface area is 105 Å². The van der Waals surface area contributed by atoms with E-state index in [0.717, 1.165) is 5.56 Å². The van der Waals surface area contributed by atoms with Gasteiger partial charge in [-0.1, -0.05) is 49.4 Å². The average molecular weight is 232 g/mol. The summed E-state index contributed by atoms with van der Waals surface area (Å²) in [6.45, 7) is 4.22.